The zero-order chi connectivity index (χ0) is 11.6. The molecule has 0 bridgehead atoms. The predicted octanol–water partition coefficient (Wildman–Crippen LogP) is 3.19. The van der Waals surface area contributed by atoms with Gasteiger partial charge in [0.25, 0.3) is 0 Å². The van der Waals surface area contributed by atoms with Gasteiger partial charge in [0.05, 0.1) is 17.7 Å². The molecular weight excluding hydrogens is 286 g/mol. The SMILES string of the molecule is C[C@@]1(c2cccc(Br)c2)C[C@@H](CO)SC=N1. The summed E-state index contributed by atoms with van der Waals surface area (Å²) in [5, 5.41) is 9.48. The number of hydrogen-bond acceptors (Lipinski definition) is 3. The van der Waals surface area contributed by atoms with Gasteiger partial charge in [0, 0.05) is 9.72 Å². The normalized spacial score (nSPS) is 29.3. The minimum atomic E-state index is -0.206. The third kappa shape index (κ3) is 2.50. The van der Waals surface area contributed by atoms with Crippen LogP contribution in [0.25, 0.3) is 0 Å². The Balaban J connectivity index is 2.31. The van der Waals surface area contributed by atoms with Crippen LogP contribution in [0.2, 0.25) is 0 Å². The summed E-state index contributed by atoms with van der Waals surface area (Å²) in [5.41, 5.74) is 2.85. The largest absolute Gasteiger partial charge is 0.395 e. The Hall–Kier alpha value is -0.320. The van der Waals surface area contributed by atoms with Crippen LogP contribution in [-0.4, -0.2) is 22.5 Å². The average molecular weight is 300 g/mol. The molecular formula is C12H14BrNOS. The fourth-order valence-corrected chi connectivity index (χ4v) is 3.27. The molecule has 1 aliphatic heterocycles. The Morgan fingerprint density at radius 2 is 2.44 bits per heavy atom. The molecule has 1 heterocycles. The molecule has 0 spiro atoms. The Bertz CT molecular complexity index is 410. The second-order valence-corrected chi connectivity index (χ2v) is 6.23. The van der Waals surface area contributed by atoms with Crippen LogP contribution >= 0.6 is 27.7 Å². The number of nitrogens with zero attached hydrogens (tertiary/aromatic N) is 1. The molecule has 2 atom stereocenters. The number of aliphatic imine (C=N–C) groups is 1. The van der Waals surface area contributed by atoms with Crippen LogP contribution in [0.3, 0.4) is 0 Å². The topological polar surface area (TPSA) is 32.6 Å². The molecule has 0 radical (unpaired) electrons. The fourth-order valence-electron chi connectivity index (χ4n) is 1.90. The highest BCUT2D eigenvalue weighted by atomic mass is 79.9. The minimum Gasteiger partial charge on any atom is -0.395 e. The maximum absolute atomic E-state index is 9.23. The van der Waals surface area contributed by atoms with Crippen molar-refractivity contribution in [2.45, 2.75) is 24.1 Å². The van der Waals surface area contributed by atoms with Crippen LogP contribution in [0.5, 0.6) is 0 Å². The average Bonchev–Trinajstić information content (AvgIpc) is 2.29. The number of thioether (sulfide) groups is 1. The lowest BCUT2D eigenvalue weighted by Gasteiger charge is -2.32. The van der Waals surface area contributed by atoms with E-state index in [1.807, 2.05) is 17.7 Å². The summed E-state index contributed by atoms with van der Waals surface area (Å²) in [6.45, 7) is 2.33. The maximum atomic E-state index is 9.23. The Morgan fingerprint density at radius 1 is 1.62 bits per heavy atom. The Labute approximate surface area is 108 Å². The molecule has 2 nitrogen and oxygen atoms in total. The van der Waals surface area contributed by atoms with Crippen molar-refractivity contribution in [1.29, 1.82) is 0 Å². The molecule has 4 heteroatoms. The maximum Gasteiger partial charge on any atom is 0.0846 e. The molecule has 16 heavy (non-hydrogen) atoms. The van der Waals surface area contributed by atoms with Gasteiger partial charge in [-0.25, -0.2) is 0 Å². The van der Waals surface area contributed by atoms with Gasteiger partial charge in [-0.2, -0.15) is 0 Å². The predicted molar refractivity (Wildman–Crippen MR) is 73.1 cm³/mol. The molecule has 0 aliphatic carbocycles. The van der Waals surface area contributed by atoms with Crippen molar-refractivity contribution in [3.05, 3.63) is 34.3 Å². The lowest BCUT2D eigenvalue weighted by molar-refractivity contribution is 0.272. The molecule has 86 valence electrons. The first-order valence-electron chi connectivity index (χ1n) is 5.20. The highest BCUT2D eigenvalue weighted by Crippen LogP contribution is 2.37. The first-order valence-corrected chi connectivity index (χ1v) is 6.94. The van der Waals surface area contributed by atoms with Crippen LogP contribution in [-0.2, 0) is 5.54 Å². The zero-order valence-corrected chi connectivity index (χ0v) is 11.5. The number of hydrogen-bond donors (Lipinski definition) is 1. The molecule has 1 N–H and O–H groups in total. The first kappa shape index (κ1) is 12.1. The van der Waals surface area contributed by atoms with Crippen LogP contribution in [0, 0.1) is 0 Å². The van der Waals surface area contributed by atoms with Crippen molar-refractivity contribution in [3.8, 4) is 0 Å². The molecule has 0 saturated carbocycles. The van der Waals surface area contributed by atoms with E-state index < -0.39 is 0 Å². The highest BCUT2D eigenvalue weighted by molar-refractivity contribution is 9.10. The van der Waals surface area contributed by atoms with Gasteiger partial charge in [0.2, 0.25) is 0 Å². The van der Waals surface area contributed by atoms with E-state index in [2.05, 4.69) is 40.0 Å². The van der Waals surface area contributed by atoms with Crippen molar-refractivity contribution in [1.82, 2.24) is 0 Å². The van der Waals surface area contributed by atoms with E-state index in [1.54, 1.807) is 11.8 Å². The van der Waals surface area contributed by atoms with Crippen molar-refractivity contribution in [2.75, 3.05) is 6.61 Å². The van der Waals surface area contributed by atoms with E-state index in [-0.39, 0.29) is 17.4 Å². The summed E-state index contributed by atoms with van der Waals surface area (Å²) < 4.78 is 1.07. The van der Waals surface area contributed by atoms with Gasteiger partial charge in [-0.15, -0.1) is 11.8 Å². The van der Waals surface area contributed by atoms with Gasteiger partial charge in [-0.05, 0) is 31.0 Å². The lowest BCUT2D eigenvalue weighted by atomic mass is 9.88. The van der Waals surface area contributed by atoms with Crippen LogP contribution in [0.1, 0.15) is 18.9 Å². The standard InChI is InChI=1S/C12H14BrNOS/c1-12(6-11(7-15)16-8-14-12)9-3-2-4-10(13)5-9/h2-5,8,11,15H,6-7H2,1H3/t11-,12-/m0/s1. The molecule has 0 amide bonds. The van der Waals surface area contributed by atoms with Crippen LogP contribution < -0.4 is 0 Å². The monoisotopic (exact) mass is 299 g/mol. The molecule has 0 fully saturated rings. The fraction of sp³-hybridized carbons (Fsp3) is 0.417. The number of aliphatic hydroxyl groups excluding tert-OH is 1. The first-order chi connectivity index (χ1) is 7.64. The van der Waals surface area contributed by atoms with Gasteiger partial charge >= 0.3 is 0 Å². The Kier molecular flexibility index (Phi) is 3.72. The summed E-state index contributed by atoms with van der Waals surface area (Å²) in [6, 6.07) is 8.22. The Morgan fingerprint density at radius 3 is 3.12 bits per heavy atom. The summed E-state index contributed by atoms with van der Waals surface area (Å²) in [4.78, 5) is 4.58. The third-order valence-corrected chi connectivity index (χ3v) is 4.29. The summed E-state index contributed by atoms with van der Waals surface area (Å²) in [5.74, 6) is 0. The van der Waals surface area contributed by atoms with E-state index in [9.17, 15) is 5.11 Å². The smallest absolute Gasteiger partial charge is 0.0846 e. The molecule has 2 rings (SSSR count). The minimum absolute atomic E-state index is 0.206. The van der Waals surface area contributed by atoms with Gasteiger partial charge in [-0.1, -0.05) is 28.1 Å². The van der Waals surface area contributed by atoms with E-state index in [1.165, 1.54) is 5.56 Å². The van der Waals surface area contributed by atoms with Crippen LogP contribution in [0.15, 0.2) is 33.7 Å². The molecule has 0 aromatic heterocycles. The molecule has 1 aromatic carbocycles. The van der Waals surface area contributed by atoms with Gasteiger partial charge < -0.3 is 5.11 Å². The summed E-state index contributed by atoms with van der Waals surface area (Å²) >= 11 is 5.09. The van der Waals surface area contributed by atoms with Crippen molar-refractivity contribution in [3.63, 3.8) is 0 Å². The van der Waals surface area contributed by atoms with Gasteiger partial charge in [-0.3, -0.25) is 4.99 Å². The second-order valence-electron chi connectivity index (χ2n) is 4.16. The lowest BCUT2D eigenvalue weighted by Crippen LogP contribution is -2.29. The van der Waals surface area contributed by atoms with Crippen molar-refractivity contribution >= 4 is 33.2 Å². The molecule has 0 unspecified atom stereocenters. The van der Waals surface area contributed by atoms with Gasteiger partial charge in [0.1, 0.15) is 0 Å². The van der Waals surface area contributed by atoms with E-state index >= 15 is 0 Å². The number of aliphatic hydroxyl groups is 1. The number of benzene rings is 1. The van der Waals surface area contributed by atoms with E-state index in [0.29, 0.717) is 0 Å². The van der Waals surface area contributed by atoms with Gasteiger partial charge in [0.15, 0.2) is 0 Å². The summed E-state index contributed by atoms with van der Waals surface area (Å²) in [6.07, 6.45) is 0.876. The van der Waals surface area contributed by atoms with Crippen molar-refractivity contribution < 1.29 is 5.11 Å². The number of rotatable bonds is 2. The number of halogens is 1. The third-order valence-electron chi connectivity index (χ3n) is 2.87. The molecule has 1 aliphatic rings. The molecule has 1 aromatic rings. The quantitative estimate of drug-likeness (QED) is 0.910. The van der Waals surface area contributed by atoms with Crippen LogP contribution in [0.4, 0.5) is 0 Å². The van der Waals surface area contributed by atoms with E-state index in [4.69, 9.17) is 0 Å². The highest BCUT2D eigenvalue weighted by Gasteiger charge is 2.31. The second kappa shape index (κ2) is 4.90. The molecule has 0 saturated heterocycles. The zero-order valence-electron chi connectivity index (χ0n) is 9.06. The van der Waals surface area contributed by atoms with Crippen molar-refractivity contribution in [2.24, 2.45) is 4.99 Å². The summed E-state index contributed by atoms with van der Waals surface area (Å²) in [7, 11) is 0. The van der Waals surface area contributed by atoms with E-state index in [0.717, 1.165) is 10.9 Å².